The van der Waals surface area contributed by atoms with Gasteiger partial charge in [0.1, 0.15) is 13.2 Å². The first-order valence-electron chi connectivity index (χ1n) is 7.10. The topological polar surface area (TPSA) is 38.8 Å². The highest BCUT2D eigenvalue weighted by Crippen LogP contribution is 2.38. The van der Waals surface area contributed by atoms with E-state index >= 15 is 0 Å². The lowest BCUT2D eigenvalue weighted by Gasteiger charge is -2.23. The fraction of sp³-hybridized carbons (Fsp3) is 0.312. The van der Waals surface area contributed by atoms with E-state index < -0.39 is 0 Å². The highest BCUT2D eigenvalue weighted by atomic mass is 35.5. The van der Waals surface area contributed by atoms with Crippen molar-refractivity contribution in [2.45, 2.75) is 13.5 Å². The second-order valence-electron chi connectivity index (χ2n) is 4.88. The standard InChI is InChI=1S/C16H16ClNO3S/c1-2-18(10-12-4-3-7-22-12)16(19)11-8-13(17)15-14(9-11)20-5-6-21-15/h3-4,7-9H,2,5-6,10H2,1H3. The zero-order valence-corrected chi connectivity index (χ0v) is 13.7. The van der Waals surface area contributed by atoms with Crippen LogP contribution in [0.1, 0.15) is 22.2 Å². The number of nitrogens with zero attached hydrogens (tertiary/aromatic N) is 1. The maximum atomic E-state index is 12.7. The molecule has 0 fully saturated rings. The molecule has 0 aliphatic carbocycles. The summed E-state index contributed by atoms with van der Waals surface area (Å²) in [5.41, 5.74) is 0.521. The first-order valence-corrected chi connectivity index (χ1v) is 8.35. The lowest BCUT2D eigenvalue weighted by atomic mass is 10.1. The van der Waals surface area contributed by atoms with Crippen LogP contribution in [0, 0.1) is 0 Å². The van der Waals surface area contributed by atoms with E-state index in [-0.39, 0.29) is 5.91 Å². The van der Waals surface area contributed by atoms with Crippen molar-refractivity contribution < 1.29 is 14.3 Å². The van der Waals surface area contributed by atoms with Crippen molar-refractivity contribution in [1.82, 2.24) is 4.90 Å². The van der Waals surface area contributed by atoms with Gasteiger partial charge in [-0.2, -0.15) is 0 Å². The molecule has 0 saturated heterocycles. The van der Waals surface area contributed by atoms with Crippen LogP contribution in [0.4, 0.5) is 0 Å². The van der Waals surface area contributed by atoms with Crippen LogP contribution in [0.15, 0.2) is 29.6 Å². The van der Waals surface area contributed by atoms with Crippen LogP contribution in [-0.2, 0) is 6.54 Å². The maximum Gasteiger partial charge on any atom is 0.254 e. The predicted molar refractivity (Wildman–Crippen MR) is 87.2 cm³/mol. The summed E-state index contributed by atoms with van der Waals surface area (Å²) in [6.45, 7) is 4.13. The number of benzene rings is 1. The number of hydrogen-bond donors (Lipinski definition) is 0. The van der Waals surface area contributed by atoms with Gasteiger partial charge in [-0.3, -0.25) is 4.79 Å². The monoisotopic (exact) mass is 337 g/mol. The van der Waals surface area contributed by atoms with Gasteiger partial charge in [0.2, 0.25) is 0 Å². The van der Waals surface area contributed by atoms with Gasteiger partial charge < -0.3 is 14.4 Å². The molecule has 0 atom stereocenters. The third-order valence-electron chi connectivity index (χ3n) is 3.44. The summed E-state index contributed by atoms with van der Waals surface area (Å²) in [4.78, 5) is 15.7. The third-order valence-corrected chi connectivity index (χ3v) is 4.58. The number of carbonyl (C=O) groups is 1. The molecule has 0 bridgehead atoms. The molecular formula is C16H16ClNO3S. The van der Waals surface area contributed by atoms with Crippen LogP contribution in [0.2, 0.25) is 5.02 Å². The molecule has 1 amide bonds. The van der Waals surface area contributed by atoms with Crippen LogP contribution in [0.3, 0.4) is 0 Å². The number of amides is 1. The van der Waals surface area contributed by atoms with Gasteiger partial charge in [0.25, 0.3) is 5.91 Å². The smallest absolute Gasteiger partial charge is 0.254 e. The summed E-state index contributed by atoms with van der Waals surface area (Å²) < 4.78 is 11.0. The Labute approximate surface area is 138 Å². The predicted octanol–water partition coefficient (Wildman–Crippen LogP) is 3.84. The zero-order chi connectivity index (χ0) is 15.5. The van der Waals surface area contributed by atoms with Crippen molar-refractivity contribution >= 4 is 28.8 Å². The number of halogens is 1. The first kappa shape index (κ1) is 15.2. The number of fused-ring (bicyclic) bond motifs is 1. The maximum absolute atomic E-state index is 12.7. The Morgan fingerprint density at radius 3 is 2.91 bits per heavy atom. The average molecular weight is 338 g/mol. The molecule has 0 spiro atoms. The molecule has 116 valence electrons. The van der Waals surface area contributed by atoms with Crippen LogP contribution < -0.4 is 9.47 Å². The molecule has 1 aromatic heterocycles. The van der Waals surface area contributed by atoms with Gasteiger partial charge in [-0.25, -0.2) is 0 Å². The van der Waals surface area contributed by atoms with E-state index in [9.17, 15) is 4.79 Å². The fourth-order valence-corrected chi connectivity index (χ4v) is 3.32. The Hall–Kier alpha value is -1.72. The summed E-state index contributed by atoms with van der Waals surface area (Å²) in [6, 6.07) is 7.37. The van der Waals surface area contributed by atoms with Crippen molar-refractivity contribution in [3.8, 4) is 11.5 Å². The Morgan fingerprint density at radius 2 is 2.18 bits per heavy atom. The van der Waals surface area contributed by atoms with E-state index in [1.807, 2.05) is 24.4 Å². The highest BCUT2D eigenvalue weighted by Gasteiger charge is 2.22. The lowest BCUT2D eigenvalue weighted by Crippen LogP contribution is -2.30. The Kier molecular flexibility index (Phi) is 4.55. The van der Waals surface area contributed by atoms with Gasteiger partial charge in [0.15, 0.2) is 11.5 Å². The summed E-state index contributed by atoms with van der Waals surface area (Å²) in [5, 5.41) is 2.42. The van der Waals surface area contributed by atoms with E-state index in [1.165, 1.54) is 0 Å². The van der Waals surface area contributed by atoms with Crippen molar-refractivity contribution in [2.75, 3.05) is 19.8 Å². The summed E-state index contributed by atoms with van der Waals surface area (Å²) in [7, 11) is 0. The molecule has 0 N–H and O–H groups in total. The van der Waals surface area contributed by atoms with E-state index in [2.05, 4.69) is 0 Å². The first-order chi connectivity index (χ1) is 10.7. The molecule has 1 aliphatic heterocycles. The van der Waals surface area contributed by atoms with Crippen LogP contribution in [-0.4, -0.2) is 30.6 Å². The van der Waals surface area contributed by atoms with Crippen molar-refractivity contribution in [1.29, 1.82) is 0 Å². The number of thiophene rings is 1. The largest absolute Gasteiger partial charge is 0.486 e. The Bertz CT molecular complexity index is 672. The quantitative estimate of drug-likeness (QED) is 0.851. The summed E-state index contributed by atoms with van der Waals surface area (Å²) in [5.74, 6) is 0.995. The number of hydrogen-bond acceptors (Lipinski definition) is 4. The molecule has 0 saturated carbocycles. The van der Waals surface area contributed by atoms with E-state index in [4.69, 9.17) is 21.1 Å². The van der Waals surface area contributed by atoms with E-state index in [0.29, 0.717) is 48.4 Å². The molecule has 1 aromatic carbocycles. The van der Waals surface area contributed by atoms with Crippen molar-refractivity contribution in [3.05, 3.63) is 45.1 Å². The second kappa shape index (κ2) is 6.58. The minimum Gasteiger partial charge on any atom is -0.486 e. The highest BCUT2D eigenvalue weighted by molar-refractivity contribution is 7.09. The van der Waals surface area contributed by atoms with Gasteiger partial charge in [0.05, 0.1) is 11.6 Å². The normalized spacial score (nSPS) is 13.0. The zero-order valence-electron chi connectivity index (χ0n) is 12.2. The van der Waals surface area contributed by atoms with Gasteiger partial charge in [-0.05, 0) is 30.5 Å². The number of rotatable bonds is 4. The third kappa shape index (κ3) is 3.05. The molecule has 22 heavy (non-hydrogen) atoms. The molecule has 1 aliphatic rings. The average Bonchev–Trinajstić information content (AvgIpc) is 3.05. The second-order valence-corrected chi connectivity index (χ2v) is 6.32. The van der Waals surface area contributed by atoms with Crippen molar-refractivity contribution in [2.24, 2.45) is 0 Å². The van der Waals surface area contributed by atoms with Gasteiger partial charge in [0, 0.05) is 17.0 Å². The molecule has 2 heterocycles. The van der Waals surface area contributed by atoms with Gasteiger partial charge in [-0.15, -0.1) is 11.3 Å². The van der Waals surface area contributed by atoms with Crippen LogP contribution in [0.25, 0.3) is 0 Å². The Balaban J connectivity index is 1.85. The van der Waals surface area contributed by atoms with E-state index in [0.717, 1.165) is 4.88 Å². The fourth-order valence-electron chi connectivity index (χ4n) is 2.33. The molecule has 6 heteroatoms. The van der Waals surface area contributed by atoms with Crippen molar-refractivity contribution in [3.63, 3.8) is 0 Å². The molecule has 4 nitrogen and oxygen atoms in total. The Morgan fingerprint density at radius 1 is 1.36 bits per heavy atom. The molecule has 0 radical (unpaired) electrons. The molecular weight excluding hydrogens is 322 g/mol. The minimum atomic E-state index is -0.0604. The number of ether oxygens (including phenoxy) is 2. The lowest BCUT2D eigenvalue weighted by molar-refractivity contribution is 0.0753. The molecule has 0 unspecified atom stereocenters. The molecule has 3 rings (SSSR count). The van der Waals surface area contributed by atoms with Crippen LogP contribution in [0.5, 0.6) is 11.5 Å². The summed E-state index contributed by atoms with van der Waals surface area (Å²) in [6.07, 6.45) is 0. The van der Waals surface area contributed by atoms with Crippen LogP contribution >= 0.6 is 22.9 Å². The van der Waals surface area contributed by atoms with Gasteiger partial charge in [-0.1, -0.05) is 17.7 Å². The number of carbonyl (C=O) groups excluding carboxylic acids is 1. The van der Waals surface area contributed by atoms with Gasteiger partial charge >= 0.3 is 0 Å². The SMILES string of the molecule is CCN(Cc1cccs1)C(=O)c1cc(Cl)c2c(c1)OCCO2. The molecule has 2 aromatic rings. The van der Waals surface area contributed by atoms with E-state index in [1.54, 1.807) is 28.4 Å². The summed E-state index contributed by atoms with van der Waals surface area (Å²) >= 11 is 7.85. The minimum absolute atomic E-state index is 0.0604.